The number of hydrogen-bond acceptors (Lipinski definition) is 2. The topological polar surface area (TPSA) is 42.3 Å². The van der Waals surface area contributed by atoms with Gasteiger partial charge < -0.3 is 9.47 Å². The highest BCUT2D eigenvalue weighted by atomic mass is 35.5. The maximum absolute atomic E-state index is 12.5. The predicted octanol–water partition coefficient (Wildman–Crippen LogP) is 2.91. The van der Waals surface area contributed by atoms with Crippen molar-refractivity contribution in [2.24, 2.45) is 5.92 Å². The molecule has 5 heteroatoms. The number of aromatic nitrogens is 1. The summed E-state index contributed by atoms with van der Waals surface area (Å²) in [5.74, 6) is 0.785. The Kier molecular flexibility index (Phi) is 4.21. The van der Waals surface area contributed by atoms with Crippen LogP contribution in [0.3, 0.4) is 0 Å². The lowest BCUT2D eigenvalue weighted by Gasteiger charge is -2.30. The molecule has 0 N–H and O–H groups in total. The number of hydrogen-bond donors (Lipinski definition) is 0. The third-order valence-corrected chi connectivity index (χ3v) is 4.62. The largest absolute Gasteiger partial charge is 0.341 e. The van der Waals surface area contributed by atoms with Crippen molar-refractivity contribution in [2.75, 3.05) is 13.1 Å². The first-order valence-electron chi connectivity index (χ1n) is 7.61. The Hall–Kier alpha value is -1.81. The molecule has 1 aliphatic heterocycles. The van der Waals surface area contributed by atoms with Crippen LogP contribution < -0.4 is 5.43 Å². The molecule has 0 saturated carbocycles. The van der Waals surface area contributed by atoms with Crippen molar-refractivity contribution >= 4 is 28.4 Å². The number of piperidine rings is 1. The Balaban J connectivity index is 1.87. The fourth-order valence-corrected chi connectivity index (χ4v) is 3.09. The Morgan fingerprint density at radius 2 is 2.00 bits per heavy atom. The molecule has 3 rings (SSSR count). The molecule has 116 valence electrons. The second-order valence-electron chi connectivity index (χ2n) is 6.03. The van der Waals surface area contributed by atoms with Crippen LogP contribution in [0.5, 0.6) is 0 Å². The van der Waals surface area contributed by atoms with Crippen LogP contribution in [0.4, 0.5) is 0 Å². The summed E-state index contributed by atoms with van der Waals surface area (Å²) in [6, 6.07) is 6.65. The van der Waals surface area contributed by atoms with Gasteiger partial charge in [0.25, 0.3) is 0 Å². The van der Waals surface area contributed by atoms with Gasteiger partial charge in [-0.3, -0.25) is 9.59 Å². The molecule has 0 aliphatic carbocycles. The maximum atomic E-state index is 12.5. The van der Waals surface area contributed by atoms with E-state index < -0.39 is 0 Å². The van der Waals surface area contributed by atoms with Gasteiger partial charge in [0.2, 0.25) is 5.91 Å². The fourth-order valence-electron chi connectivity index (χ4n) is 2.92. The van der Waals surface area contributed by atoms with Gasteiger partial charge in [0.05, 0.1) is 5.52 Å². The summed E-state index contributed by atoms with van der Waals surface area (Å²) in [7, 11) is 0. The zero-order valence-electron chi connectivity index (χ0n) is 12.6. The number of benzene rings is 1. The molecule has 4 nitrogen and oxygen atoms in total. The van der Waals surface area contributed by atoms with Gasteiger partial charge >= 0.3 is 0 Å². The number of likely N-dealkylation sites (tertiary alicyclic amines) is 1. The second kappa shape index (κ2) is 6.13. The van der Waals surface area contributed by atoms with Gasteiger partial charge in [-0.25, -0.2) is 0 Å². The Bertz CT molecular complexity index is 761. The lowest BCUT2D eigenvalue weighted by atomic mass is 9.99. The summed E-state index contributed by atoms with van der Waals surface area (Å²) in [4.78, 5) is 26.3. The molecule has 0 bridgehead atoms. The van der Waals surface area contributed by atoms with Crippen LogP contribution in [0.25, 0.3) is 10.9 Å². The van der Waals surface area contributed by atoms with E-state index >= 15 is 0 Å². The van der Waals surface area contributed by atoms with E-state index in [0.29, 0.717) is 21.8 Å². The molecule has 0 spiro atoms. The first kappa shape index (κ1) is 15.1. The highest BCUT2D eigenvalue weighted by Crippen LogP contribution is 2.19. The van der Waals surface area contributed by atoms with Crippen LogP contribution in [0.2, 0.25) is 5.02 Å². The van der Waals surface area contributed by atoms with Crippen LogP contribution >= 0.6 is 11.6 Å². The van der Waals surface area contributed by atoms with E-state index in [1.54, 1.807) is 24.4 Å². The highest BCUT2D eigenvalue weighted by Gasteiger charge is 2.20. The van der Waals surface area contributed by atoms with Gasteiger partial charge in [-0.15, -0.1) is 0 Å². The smallest absolute Gasteiger partial charge is 0.242 e. The molecular weight excluding hydrogens is 300 g/mol. The monoisotopic (exact) mass is 318 g/mol. The average Bonchev–Trinajstić information content (AvgIpc) is 2.50. The number of carbonyl (C=O) groups excluding carboxylic acids is 1. The zero-order chi connectivity index (χ0) is 15.7. The lowest BCUT2D eigenvalue weighted by molar-refractivity contribution is -0.133. The van der Waals surface area contributed by atoms with Gasteiger partial charge in [-0.1, -0.05) is 18.5 Å². The highest BCUT2D eigenvalue weighted by molar-refractivity contribution is 6.31. The number of nitrogens with zero attached hydrogens (tertiary/aromatic N) is 2. The van der Waals surface area contributed by atoms with Gasteiger partial charge in [0, 0.05) is 35.8 Å². The summed E-state index contributed by atoms with van der Waals surface area (Å²) >= 11 is 6.03. The molecule has 22 heavy (non-hydrogen) atoms. The average molecular weight is 319 g/mol. The molecular formula is C17H19ClN2O2. The van der Waals surface area contributed by atoms with Crippen molar-refractivity contribution in [3.05, 3.63) is 45.7 Å². The third-order valence-electron chi connectivity index (χ3n) is 4.38. The maximum Gasteiger partial charge on any atom is 0.242 e. The van der Waals surface area contributed by atoms with E-state index in [2.05, 4.69) is 6.92 Å². The van der Waals surface area contributed by atoms with Gasteiger partial charge in [-0.05, 0) is 37.0 Å². The molecule has 2 aromatic rings. The number of rotatable bonds is 2. The molecule has 0 atom stereocenters. The van der Waals surface area contributed by atoms with Crippen LogP contribution in [0.15, 0.2) is 35.3 Å². The molecule has 1 amide bonds. The van der Waals surface area contributed by atoms with Gasteiger partial charge in [0.15, 0.2) is 5.43 Å². The second-order valence-corrected chi connectivity index (χ2v) is 6.47. The molecule has 1 saturated heterocycles. The molecule has 1 fully saturated rings. The first-order valence-corrected chi connectivity index (χ1v) is 7.99. The fraction of sp³-hybridized carbons (Fsp3) is 0.412. The molecule has 1 aliphatic rings. The summed E-state index contributed by atoms with van der Waals surface area (Å²) in [6.45, 7) is 4.10. The van der Waals surface area contributed by atoms with Crippen LogP contribution in [0, 0.1) is 5.92 Å². The summed E-state index contributed by atoms with van der Waals surface area (Å²) in [5, 5.41) is 1.15. The standard InChI is InChI=1S/C17H19ClN2O2/c1-12-4-7-19(8-5-12)17(22)11-20-9-6-16(21)14-3-2-13(18)10-15(14)20/h2-3,6,9-10,12H,4-5,7-8,11H2,1H3. The van der Waals surface area contributed by atoms with E-state index in [1.165, 1.54) is 6.07 Å². The number of carbonyl (C=O) groups is 1. The van der Waals surface area contributed by atoms with Crippen molar-refractivity contribution in [1.29, 1.82) is 0 Å². The van der Waals surface area contributed by atoms with Crippen LogP contribution in [-0.2, 0) is 11.3 Å². The van der Waals surface area contributed by atoms with Crippen molar-refractivity contribution < 1.29 is 4.79 Å². The number of pyridine rings is 1. The van der Waals surface area contributed by atoms with E-state index in [4.69, 9.17) is 11.6 Å². The number of fused-ring (bicyclic) bond motifs is 1. The molecule has 2 heterocycles. The normalized spacial score (nSPS) is 16.2. The van der Waals surface area contributed by atoms with Gasteiger partial charge in [-0.2, -0.15) is 0 Å². The van der Waals surface area contributed by atoms with Crippen molar-refractivity contribution in [1.82, 2.24) is 9.47 Å². The van der Waals surface area contributed by atoms with Crippen molar-refractivity contribution in [2.45, 2.75) is 26.3 Å². The first-order chi connectivity index (χ1) is 10.5. The van der Waals surface area contributed by atoms with E-state index in [1.807, 2.05) is 9.47 Å². The van der Waals surface area contributed by atoms with E-state index in [0.717, 1.165) is 25.9 Å². The van der Waals surface area contributed by atoms with Crippen molar-refractivity contribution in [3.8, 4) is 0 Å². The minimum atomic E-state index is -0.0536. The quantitative estimate of drug-likeness (QED) is 0.854. The zero-order valence-corrected chi connectivity index (χ0v) is 13.3. The Labute approximate surface area is 134 Å². The predicted molar refractivity (Wildman–Crippen MR) is 88.2 cm³/mol. The minimum absolute atomic E-state index is 0.0536. The van der Waals surface area contributed by atoms with Crippen molar-refractivity contribution in [3.63, 3.8) is 0 Å². The molecule has 1 aromatic carbocycles. The van der Waals surface area contributed by atoms with E-state index in [9.17, 15) is 9.59 Å². The van der Waals surface area contributed by atoms with Gasteiger partial charge in [0.1, 0.15) is 6.54 Å². The number of amides is 1. The third kappa shape index (κ3) is 3.02. The van der Waals surface area contributed by atoms with E-state index in [-0.39, 0.29) is 17.9 Å². The Morgan fingerprint density at radius 1 is 1.27 bits per heavy atom. The number of halogens is 1. The summed E-state index contributed by atoms with van der Waals surface area (Å²) < 4.78 is 1.81. The van der Waals surface area contributed by atoms with Crippen LogP contribution in [-0.4, -0.2) is 28.5 Å². The van der Waals surface area contributed by atoms with Crippen LogP contribution in [0.1, 0.15) is 19.8 Å². The summed E-state index contributed by atoms with van der Waals surface area (Å²) in [5.41, 5.74) is 0.654. The molecule has 0 unspecified atom stereocenters. The SMILES string of the molecule is CC1CCN(C(=O)Cn2ccc(=O)c3ccc(Cl)cc32)CC1. The lowest BCUT2D eigenvalue weighted by Crippen LogP contribution is -2.39. The molecule has 0 radical (unpaired) electrons. The minimum Gasteiger partial charge on any atom is -0.341 e. The molecule has 1 aromatic heterocycles. The Morgan fingerprint density at radius 3 is 2.73 bits per heavy atom. The summed E-state index contributed by atoms with van der Waals surface area (Å²) in [6.07, 6.45) is 3.79.